The molecule has 6 nitrogen and oxygen atoms in total. The predicted molar refractivity (Wildman–Crippen MR) is 156 cm³/mol. The fraction of sp³-hybridized carbons (Fsp3) is 0.171. The second-order valence-corrected chi connectivity index (χ2v) is 10.7. The van der Waals surface area contributed by atoms with E-state index in [0.29, 0.717) is 45.0 Å². The largest absolute Gasteiger partial charge is 0.497 e. The Hall–Kier alpha value is -5.04. The lowest BCUT2D eigenvalue weighted by Crippen LogP contribution is -2.48. The quantitative estimate of drug-likeness (QED) is 0.216. The number of ketones is 3. The molecule has 2 heterocycles. The molecule has 1 unspecified atom stereocenters. The average Bonchev–Trinajstić information content (AvgIpc) is 3.46. The van der Waals surface area contributed by atoms with Crippen molar-refractivity contribution in [1.82, 2.24) is 0 Å². The van der Waals surface area contributed by atoms with Gasteiger partial charge in [0.2, 0.25) is 0 Å². The number of halogens is 1. The molecule has 7 heteroatoms. The van der Waals surface area contributed by atoms with Crippen LogP contribution in [0.4, 0.5) is 10.1 Å². The molecule has 42 heavy (non-hydrogen) atoms. The molecule has 2 aliphatic heterocycles. The fourth-order valence-electron chi connectivity index (χ4n) is 7.15. The zero-order valence-electron chi connectivity index (χ0n) is 22.9. The van der Waals surface area contributed by atoms with E-state index in [4.69, 9.17) is 9.47 Å². The minimum atomic E-state index is -1.71. The third-order valence-electron chi connectivity index (χ3n) is 8.86. The number of fused-ring (bicyclic) bond motifs is 5. The summed E-state index contributed by atoms with van der Waals surface area (Å²) in [5.74, 6) is -1.47. The Labute approximate surface area is 242 Å². The van der Waals surface area contributed by atoms with Gasteiger partial charge in [-0.2, -0.15) is 0 Å². The lowest BCUT2D eigenvalue weighted by Gasteiger charge is -2.37. The molecule has 4 aromatic carbocycles. The maximum atomic E-state index is 14.8. The summed E-state index contributed by atoms with van der Waals surface area (Å²) >= 11 is 0. The van der Waals surface area contributed by atoms with Gasteiger partial charge in [0.15, 0.2) is 17.3 Å². The molecule has 1 fully saturated rings. The van der Waals surface area contributed by atoms with Gasteiger partial charge in [0.05, 0.1) is 20.3 Å². The van der Waals surface area contributed by atoms with Gasteiger partial charge in [0.1, 0.15) is 28.8 Å². The van der Waals surface area contributed by atoms with Crippen molar-refractivity contribution < 1.29 is 28.2 Å². The second-order valence-electron chi connectivity index (χ2n) is 10.7. The van der Waals surface area contributed by atoms with Gasteiger partial charge in [-0.05, 0) is 36.4 Å². The van der Waals surface area contributed by atoms with E-state index in [1.165, 1.54) is 26.4 Å². The highest BCUT2D eigenvalue weighted by atomic mass is 19.1. The molecule has 0 radical (unpaired) electrons. The molecular weight excluding hydrogens is 533 g/mol. The van der Waals surface area contributed by atoms with Crippen LogP contribution in [0.15, 0.2) is 97.1 Å². The summed E-state index contributed by atoms with van der Waals surface area (Å²) in [6.07, 6.45) is 3.50. The third-order valence-corrected chi connectivity index (χ3v) is 8.86. The van der Waals surface area contributed by atoms with Crippen LogP contribution in [0.2, 0.25) is 0 Å². The maximum Gasteiger partial charge on any atom is 0.185 e. The first kappa shape index (κ1) is 25.9. The fourth-order valence-corrected chi connectivity index (χ4v) is 7.15. The number of hydrogen-bond donors (Lipinski definition) is 0. The van der Waals surface area contributed by atoms with Crippen molar-refractivity contribution in [3.63, 3.8) is 0 Å². The van der Waals surface area contributed by atoms with Crippen molar-refractivity contribution in [2.75, 3.05) is 19.1 Å². The Kier molecular flexibility index (Phi) is 5.87. The standard InChI is InChI=1S/C35H26FNO5/c1-41-23-14-16-28(42-2)26(19-23)30-31(32(38)20-8-4-3-5-9-20)37-27-15-13-22(36)18-21(27)12-17-29(37)35(30)33(39)24-10-6-7-11-25(24)34(35)40/h3-19,29-31H,1-2H3/t29?,30-,31+/m0/s1. The normalized spacial score (nSPS) is 21.2. The Bertz CT molecular complexity index is 1780. The minimum Gasteiger partial charge on any atom is -0.497 e. The van der Waals surface area contributed by atoms with Gasteiger partial charge in [0.25, 0.3) is 0 Å². The summed E-state index contributed by atoms with van der Waals surface area (Å²) in [6, 6.07) is 23.3. The van der Waals surface area contributed by atoms with E-state index >= 15 is 0 Å². The van der Waals surface area contributed by atoms with Gasteiger partial charge in [-0.1, -0.05) is 66.7 Å². The van der Waals surface area contributed by atoms with Crippen molar-refractivity contribution >= 4 is 29.1 Å². The molecule has 1 spiro atoms. The average molecular weight is 560 g/mol. The van der Waals surface area contributed by atoms with Crippen LogP contribution in [-0.4, -0.2) is 43.7 Å². The SMILES string of the molecule is COc1ccc(OC)c([C@H]2[C@H](C(=O)c3ccccc3)N3c4ccc(F)cc4C=CC3C23C(=O)c2ccccc2C3=O)c1. The number of Topliss-reactive ketones (excluding diaryl/α,β-unsaturated/α-hetero) is 3. The Morgan fingerprint density at radius 2 is 1.52 bits per heavy atom. The number of ether oxygens (including phenoxy) is 2. The number of benzene rings is 4. The number of carbonyl (C=O) groups is 3. The Balaban J connectivity index is 1.59. The van der Waals surface area contributed by atoms with E-state index in [1.807, 2.05) is 11.0 Å². The molecule has 4 aromatic rings. The molecule has 0 N–H and O–H groups in total. The van der Waals surface area contributed by atoms with Gasteiger partial charge in [-0.15, -0.1) is 0 Å². The van der Waals surface area contributed by atoms with Crippen LogP contribution in [0, 0.1) is 11.2 Å². The molecule has 1 saturated heterocycles. The topological polar surface area (TPSA) is 72.9 Å². The van der Waals surface area contributed by atoms with Gasteiger partial charge < -0.3 is 14.4 Å². The molecule has 0 aromatic heterocycles. The lowest BCUT2D eigenvalue weighted by molar-refractivity contribution is 0.0664. The third kappa shape index (κ3) is 3.40. The monoisotopic (exact) mass is 559 g/mol. The summed E-state index contributed by atoms with van der Waals surface area (Å²) in [6.45, 7) is 0. The molecule has 0 bridgehead atoms. The zero-order valence-corrected chi connectivity index (χ0v) is 22.9. The van der Waals surface area contributed by atoms with Crippen LogP contribution in [0.5, 0.6) is 11.5 Å². The number of carbonyl (C=O) groups excluding carboxylic acids is 3. The van der Waals surface area contributed by atoms with E-state index in [-0.39, 0.29) is 17.3 Å². The first-order valence-electron chi connectivity index (χ1n) is 13.7. The smallest absolute Gasteiger partial charge is 0.185 e. The molecule has 7 rings (SSSR count). The van der Waals surface area contributed by atoms with Crippen molar-refractivity contribution in [2.24, 2.45) is 5.41 Å². The van der Waals surface area contributed by atoms with Crippen molar-refractivity contribution in [3.05, 3.63) is 131 Å². The lowest BCUT2D eigenvalue weighted by atomic mass is 9.64. The summed E-state index contributed by atoms with van der Waals surface area (Å²) in [4.78, 5) is 46.1. The van der Waals surface area contributed by atoms with Gasteiger partial charge in [-0.25, -0.2) is 4.39 Å². The van der Waals surface area contributed by atoms with Crippen LogP contribution in [0.25, 0.3) is 6.08 Å². The number of anilines is 1. The highest BCUT2D eigenvalue weighted by molar-refractivity contribution is 6.32. The second kappa shape index (κ2) is 9.52. The van der Waals surface area contributed by atoms with E-state index in [0.717, 1.165) is 0 Å². The first-order chi connectivity index (χ1) is 20.4. The minimum absolute atomic E-state index is 0.269. The highest BCUT2D eigenvalue weighted by Crippen LogP contribution is 2.62. The van der Waals surface area contributed by atoms with Crippen LogP contribution in [0.1, 0.15) is 48.1 Å². The van der Waals surface area contributed by atoms with E-state index in [2.05, 4.69) is 0 Å². The van der Waals surface area contributed by atoms with E-state index in [1.54, 1.807) is 84.9 Å². The predicted octanol–water partition coefficient (Wildman–Crippen LogP) is 6.16. The van der Waals surface area contributed by atoms with Gasteiger partial charge in [0, 0.05) is 39.4 Å². The highest BCUT2D eigenvalue weighted by Gasteiger charge is 2.72. The molecular formula is C35H26FNO5. The van der Waals surface area contributed by atoms with Gasteiger partial charge >= 0.3 is 0 Å². The Morgan fingerprint density at radius 3 is 2.19 bits per heavy atom. The van der Waals surface area contributed by atoms with Crippen LogP contribution < -0.4 is 14.4 Å². The molecule has 3 aliphatic rings. The maximum absolute atomic E-state index is 14.8. The summed E-state index contributed by atoms with van der Waals surface area (Å²) in [5, 5.41) is 0. The van der Waals surface area contributed by atoms with Crippen LogP contribution in [0.3, 0.4) is 0 Å². The molecule has 0 saturated carbocycles. The van der Waals surface area contributed by atoms with Crippen LogP contribution >= 0.6 is 0 Å². The van der Waals surface area contributed by atoms with Crippen molar-refractivity contribution in [2.45, 2.75) is 18.0 Å². The zero-order chi connectivity index (χ0) is 29.2. The molecule has 208 valence electrons. The number of nitrogens with zero attached hydrogens (tertiary/aromatic N) is 1. The van der Waals surface area contributed by atoms with Crippen molar-refractivity contribution in [3.8, 4) is 11.5 Å². The van der Waals surface area contributed by atoms with E-state index < -0.39 is 29.2 Å². The van der Waals surface area contributed by atoms with Gasteiger partial charge in [-0.3, -0.25) is 14.4 Å². The summed E-state index contributed by atoms with van der Waals surface area (Å²) in [7, 11) is 3.04. The number of rotatable bonds is 5. The molecule has 3 atom stereocenters. The van der Waals surface area contributed by atoms with Crippen molar-refractivity contribution in [1.29, 1.82) is 0 Å². The molecule has 1 aliphatic carbocycles. The summed E-state index contributed by atoms with van der Waals surface area (Å²) in [5.41, 5.74) is 0.993. The van der Waals surface area contributed by atoms with Crippen LogP contribution in [-0.2, 0) is 0 Å². The first-order valence-corrected chi connectivity index (χ1v) is 13.7. The summed E-state index contributed by atoms with van der Waals surface area (Å²) < 4.78 is 25.8. The Morgan fingerprint density at radius 1 is 0.833 bits per heavy atom. The molecule has 0 amide bonds. The van der Waals surface area contributed by atoms with E-state index in [9.17, 15) is 18.8 Å². The number of methoxy groups -OCH3 is 2. The number of hydrogen-bond acceptors (Lipinski definition) is 6.